The number of amides is 1. The predicted octanol–water partition coefficient (Wildman–Crippen LogP) is 2.72. The molecule has 1 aliphatic rings. The predicted molar refractivity (Wildman–Crippen MR) is 88.9 cm³/mol. The molecule has 0 unspecified atom stereocenters. The summed E-state index contributed by atoms with van der Waals surface area (Å²) >= 11 is 0. The lowest BCUT2D eigenvalue weighted by atomic mass is 9.93. The maximum Gasteiger partial charge on any atom is 0.331 e. The van der Waals surface area contributed by atoms with E-state index in [1.165, 1.54) is 12.1 Å². The van der Waals surface area contributed by atoms with Crippen molar-refractivity contribution in [3.8, 4) is 0 Å². The highest BCUT2D eigenvalue weighted by Crippen LogP contribution is 2.23. The van der Waals surface area contributed by atoms with Gasteiger partial charge in [0.1, 0.15) is 0 Å². The van der Waals surface area contributed by atoms with Crippen LogP contribution >= 0.6 is 0 Å². The Kier molecular flexibility index (Phi) is 6.87. The van der Waals surface area contributed by atoms with Gasteiger partial charge in [-0.2, -0.15) is 0 Å². The van der Waals surface area contributed by atoms with Crippen LogP contribution in [0, 0.1) is 17.6 Å². The number of carbonyl (C=O) groups is 2. The highest BCUT2D eigenvalue weighted by atomic mass is 19.2. The zero-order chi connectivity index (χ0) is 18.4. The number of benzene rings is 1. The molecule has 0 aliphatic carbocycles. The van der Waals surface area contributed by atoms with Gasteiger partial charge in [0, 0.05) is 12.0 Å². The Labute approximate surface area is 146 Å². The third-order valence-electron chi connectivity index (χ3n) is 4.57. The van der Waals surface area contributed by atoms with Gasteiger partial charge in [0.2, 0.25) is 5.91 Å². The Hall–Kier alpha value is -2.02. The molecule has 0 aromatic heterocycles. The summed E-state index contributed by atoms with van der Waals surface area (Å²) in [5.41, 5.74) is -0.376. The first-order valence-corrected chi connectivity index (χ1v) is 8.60. The van der Waals surface area contributed by atoms with E-state index in [9.17, 15) is 23.5 Å². The summed E-state index contributed by atoms with van der Waals surface area (Å²) < 4.78 is 27.2. The van der Waals surface area contributed by atoms with E-state index in [-0.39, 0.29) is 17.9 Å². The van der Waals surface area contributed by atoms with Crippen molar-refractivity contribution in [2.45, 2.75) is 38.6 Å². The van der Waals surface area contributed by atoms with Crippen LogP contribution in [0.25, 0.3) is 0 Å². The molecule has 25 heavy (non-hydrogen) atoms. The Morgan fingerprint density at radius 1 is 1.32 bits per heavy atom. The minimum Gasteiger partial charge on any atom is -0.479 e. The van der Waals surface area contributed by atoms with Gasteiger partial charge in [-0.3, -0.25) is 4.79 Å². The van der Waals surface area contributed by atoms with E-state index in [0.717, 1.165) is 45.0 Å². The van der Waals surface area contributed by atoms with Crippen molar-refractivity contribution in [2.24, 2.45) is 5.92 Å². The van der Waals surface area contributed by atoms with Crippen LogP contribution < -0.4 is 5.32 Å². The zero-order valence-electron chi connectivity index (χ0n) is 14.3. The summed E-state index contributed by atoms with van der Waals surface area (Å²) in [5.74, 6) is -4.08. The highest BCUT2D eigenvalue weighted by molar-refractivity contribution is 5.84. The van der Waals surface area contributed by atoms with Crippen LogP contribution in [0.1, 0.15) is 44.2 Å². The molecule has 1 aliphatic heterocycles. The van der Waals surface area contributed by atoms with Gasteiger partial charge in [0.05, 0.1) is 0 Å². The van der Waals surface area contributed by atoms with Crippen LogP contribution in [0.5, 0.6) is 0 Å². The van der Waals surface area contributed by atoms with Crippen molar-refractivity contribution in [3.63, 3.8) is 0 Å². The Morgan fingerprint density at radius 3 is 2.60 bits per heavy atom. The Morgan fingerprint density at radius 2 is 2.00 bits per heavy atom. The Bertz CT molecular complexity index is 616. The number of carbonyl (C=O) groups excluding carboxylic acids is 1. The average Bonchev–Trinajstić information content (AvgIpc) is 2.57. The van der Waals surface area contributed by atoms with E-state index in [1.807, 2.05) is 0 Å². The maximum atomic E-state index is 13.8. The molecule has 2 rings (SSSR count). The fraction of sp³-hybridized carbons (Fsp3) is 0.556. The summed E-state index contributed by atoms with van der Waals surface area (Å²) in [6.45, 7) is 5.01. The van der Waals surface area contributed by atoms with Crippen LogP contribution in [-0.4, -0.2) is 41.5 Å². The smallest absolute Gasteiger partial charge is 0.331 e. The third-order valence-corrected chi connectivity index (χ3v) is 4.57. The van der Waals surface area contributed by atoms with E-state index in [0.29, 0.717) is 0 Å². The molecule has 2 N–H and O–H groups in total. The molecule has 0 spiro atoms. The molecule has 138 valence electrons. The van der Waals surface area contributed by atoms with Crippen molar-refractivity contribution in [1.29, 1.82) is 0 Å². The summed E-state index contributed by atoms with van der Waals surface area (Å²) in [4.78, 5) is 25.9. The summed E-state index contributed by atoms with van der Waals surface area (Å²) in [7, 11) is 0. The van der Waals surface area contributed by atoms with Gasteiger partial charge >= 0.3 is 5.97 Å². The largest absolute Gasteiger partial charge is 0.479 e. The van der Waals surface area contributed by atoms with Gasteiger partial charge in [0.15, 0.2) is 17.7 Å². The van der Waals surface area contributed by atoms with Crippen molar-refractivity contribution >= 4 is 11.9 Å². The SMILES string of the molecule is CCCN1CCC(CC(=O)N[C@H](C(=O)O)c2cccc(F)c2F)CC1. The quantitative estimate of drug-likeness (QED) is 0.790. The topological polar surface area (TPSA) is 69.6 Å². The van der Waals surface area contributed by atoms with Gasteiger partial charge < -0.3 is 15.3 Å². The second kappa shape index (κ2) is 8.89. The van der Waals surface area contributed by atoms with Gasteiger partial charge in [-0.15, -0.1) is 0 Å². The molecule has 1 aromatic rings. The monoisotopic (exact) mass is 354 g/mol. The van der Waals surface area contributed by atoms with Crippen molar-refractivity contribution in [2.75, 3.05) is 19.6 Å². The lowest BCUT2D eigenvalue weighted by molar-refractivity contribution is -0.142. The van der Waals surface area contributed by atoms with E-state index in [1.54, 1.807) is 0 Å². The standard InChI is InChI=1S/C18H24F2N2O3/c1-2-8-22-9-6-12(7-10-22)11-15(23)21-17(18(24)25)13-4-3-5-14(19)16(13)20/h3-5,12,17H,2,6-11H2,1H3,(H,21,23)(H,24,25)/t17-/m0/s1. The van der Waals surface area contributed by atoms with Crippen LogP contribution in [0.4, 0.5) is 8.78 Å². The summed E-state index contributed by atoms with van der Waals surface area (Å²) in [5, 5.41) is 11.6. The fourth-order valence-electron chi connectivity index (χ4n) is 3.23. The van der Waals surface area contributed by atoms with Gasteiger partial charge in [0.25, 0.3) is 0 Å². The number of nitrogens with one attached hydrogen (secondary N) is 1. The number of aliphatic carboxylic acids is 1. The van der Waals surface area contributed by atoms with Gasteiger partial charge in [-0.05, 0) is 50.9 Å². The number of hydrogen-bond acceptors (Lipinski definition) is 3. The molecule has 1 fully saturated rings. The number of likely N-dealkylation sites (tertiary alicyclic amines) is 1. The molecule has 0 radical (unpaired) electrons. The van der Waals surface area contributed by atoms with Crippen molar-refractivity contribution in [3.05, 3.63) is 35.4 Å². The van der Waals surface area contributed by atoms with Crippen LogP contribution in [0.3, 0.4) is 0 Å². The normalized spacial score (nSPS) is 17.2. The summed E-state index contributed by atoms with van der Waals surface area (Å²) in [6.07, 6.45) is 3.03. The number of piperidine rings is 1. The number of carboxylic acid groups (broad SMARTS) is 1. The number of rotatable bonds is 7. The molecule has 5 nitrogen and oxygen atoms in total. The van der Waals surface area contributed by atoms with Crippen molar-refractivity contribution in [1.82, 2.24) is 10.2 Å². The Balaban J connectivity index is 1.95. The molecule has 1 saturated heterocycles. The molecule has 7 heteroatoms. The molecule has 1 heterocycles. The molecule has 0 bridgehead atoms. The number of carboxylic acids is 1. The molecule has 1 amide bonds. The average molecular weight is 354 g/mol. The molecule has 1 aromatic carbocycles. The minimum absolute atomic E-state index is 0.180. The van der Waals surface area contributed by atoms with E-state index in [2.05, 4.69) is 17.1 Å². The first-order chi connectivity index (χ1) is 11.9. The number of nitrogens with zero attached hydrogens (tertiary/aromatic N) is 1. The van der Waals surface area contributed by atoms with Crippen LogP contribution in [0.2, 0.25) is 0 Å². The van der Waals surface area contributed by atoms with E-state index in [4.69, 9.17) is 0 Å². The first-order valence-electron chi connectivity index (χ1n) is 8.60. The number of halogens is 2. The molecular formula is C18H24F2N2O3. The number of hydrogen-bond donors (Lipinski definition) is 2. The van der Waals surface area contributed by atoms with Gasteiger partial charge in [-0.1, -0.05) is 19.1 Å². The first kappa shape index (κ1) is 19.3. The lowest BCUT2D eigenvalue weighted by Gasteiger charge is -2.31. The third kappa shape index (κ3) is 5.22. The van der Waals surface area contributed by atoms with E-state index < -0.39 is 29.6 Å². The molecule has 1 atom stereocenters. The maximum absolute atomic E-state index is 13.8. The van der Waals surface area contributed by atoms with Crippen molar-refractivity contribution < 1.29 is 23.5 Å². The highest BCUT2D eigenvalue weighted by Gasteiger charge is 2.28. The minimum atomic E-state index is -1.59. The summed E-state index contributed by atoms with van der Waals surface area (Å²) in [6, 6.07) is 1.70. The van der Waals surface area contributed by atoms with E-state index >= 15 is 0 Å². The zero-order valence-corrected chi connectivity index (χ0v) is 14.3. The molecule has 0 saturated carbocycles. The second-order valence-corrected chi connectivity index (χ2v) is 6.47. The van der Waals surface area contributed by atoms with Gasteiger partial charge in [-0.25, -0.2) is 13.6 Å². The fourth-order valence-corrected chi connectivity index (χ4v) is 3.23. The second-order valence-electron chi connectivity index (χ2n) is 6.47. The van der Waals surface area contributed by atoms with Crippen LogP contribution in [0.15, 0.2) is 18.2 Å². The molecular weight excluding hydrogens is 330 g/mol. The lowest BCUT2D eigenvalue weighted by Crippen LogP contribution is -2.38. The van der Waals surface area contributed by atoms with Crippen LogP contribution in [-0.2, 0) is 9.59 Å².